The first-order valence-electron chi connectivity index (χ1n) is 1.59. The van der Waals surface area contributed by atoms with Crippen LogP contribution >= 0.6 is 32.3 Å². The summed E-state index contributed by atoms with van der Waals surface area (Å²) in [6.45, 7) is 1.84. The molecule has 0 aromatic rings. The normalized spacial score (nSPS) is 9.00. The van der Waals surface area contributed by atoms with E-state index in [9.17, 15) is 0 Å². The van der Waals surface area contributed by atoms with Crippen LogP contribution in [0.25, 0.3) is 0 Å². The largest absolute Gasteiger partial charge is 0.255 e. The molecule has 0 saturated heterocycles. The van der Waals surface area contributed by atoms with Gasteiger partial charge in [-0.2, -0.15) is 0 Å². The Balaban J connectivity index is 2.34. The lowest BCUT2D eigenvalue weighted by Crippen LogP contribution is -2.13. The zero-order valence-corrected chi connectivity index (χ0v) is 6.34. The van der Waals surface area contributed by atoms with Crippen LogP contribution in [-0.2, 0) is 0 Å². The van der Waals surface area contributed by atoms with Crippen molar-refractivity contribution >= 4 is 32.3 Å². The van der Waals surface area contributed by atoms with Gasteiger partial charge in [0.2, 0.25) is 0 Å². The first kappa shape index (κ1) is 6.88. The van der Waals surface area contributed by atoms with Gasteiger partial charge in [-0.3, -0.25) is 8.69 Å². The summed E-state index contributed by atoms with van der Waals surface area (Å²) in [6, 6.07) is 0. The fraction of sp³-hybridized carbons (Fsp3) is 1.00. The maximum absolute atomic E-state index is 3.04. The number of rotatable bonds is 3. The second-order valence-electron chi connectivity index (χ2n) is 0.767. The molecule has 0 saturated carbocycles. The SMILES string of the molecule is BrNCCNBr. The zero-order chi connectivity index (χ0) is 4.83. The summed E-state index contributed by atoms with van der Waals surface area (Å²) in [5.41, 5.74) is 0. The van der Waals surface area contributed by atoms with Gasteiger partial charge < -0.3 is 0 Å². The smallest absolute Gasteiger partial charge is 0.0196 e. The van der Waals surface area contributed by atoms with Crippen LogP contribution in [0.4, 0.5) is 0 Å². The number of hydrogen-bond donors (Lipinski definition) is 2. The molecule has 0 atom stereocenters. The lowest BCUT2D eigenvalue weighted by Gasteiger charge is -1.89. The lowest BCUT2D eigenvalue weighted by molar-refractivity contribution is 0.891. The molecule has 0 unspecified atom stereocenters. The molecule has 4 heteroatoms. The third-order valence-corrected chi connectivity index (χ3v) is 1.11. The van der Waals surface area contributed by atoms with Crippen molar-refractivity contribution in [2.45, 2.75) is 0 Å². The highest BCUT2D eigenvalue weighted by atomic mass is 79.9. The molecule has 0 aliphatic heterocycles. The Morgan fingerprint density at radius 3 is 1.50 bits per heavy atom. The van der Waals surface area contributed by atoms with Gasteiger partial charge in [-0.05, 0) is 0 Å². The summed E-state index contributed by atoms with van der Waals surface area (Å²) in [5, 5.41) is 0. The minimum atomic E-state index is 0.922. The molecular formula is C2H6Br2N2. The highest BCUT2D eigenvalue weighted by Gasteiger charge is 1.73. The van der Waals surface area contributed by atoms with Crippen molar-refractivity contribution in [3.63, 3.8) is 0 Å². The van der Waals surface area contributed by atoms with Crippen LogP contribution in [0.1, 0.15) is 0 Å². The maximum atomic E-state index is 3.04. The van der Waals surface area contributed by atoms with Crippen molar-refractivity contribution in [3.8, 4) is 0 Å². The molecule has 0 aliphatic rings. The second kappa shape index (κ2) is 5.88. The molecule has 0 aliphatic carbocycles. The van der Waals surface area contributed by atoms with Gasteiger partial charge in [0.1, 0.15) is 0 Å². The Kier molecular flexibility index (Phi) is 6.74. The van der Waals surface area contributed by atoms with Crippen LogP contribution in [0.3, 0.4) is 0 Å². The molecule has 6 heavy (non-hydrogen) atoms. The van der Waals surface area contributed by atoms with Crippen LogP contribution < -0.4 is 8.69 Å². The van der Waals surface area contributed by atoms with Gasteiger partial charge in [0, 0.05) is 45.4 Å². The molecule has 0 rings (SSSR count). The topological polar surface area (TPSA) is 24.1 Å². The molecule has 0 heterocycles. The lowest BCUT2D eigenvalue weighted by atomic mass is 10.7. The van der Waals surface area contributed by atoms with Crippen LogP contribution in [0.15, 0.2) is 0 Å². The number of halogens is 2. The van der Waals surface area contributed by atoms with E-state index >= 15 is 0 Å². The maximum Gasteiger partial charge on any atom is 0.0196 e. The second-order valence-corrected chi connectivity index (χ2v) is 1.89. The summed E-state index contributed by atoms with van der Waals surface area (Å²) in [4.78, 5) is 0. The van der Waals surface area contributed by atoms with Crippen LogP contribution in [0.5, 0.6) is 0 Å². The summed E-state index contributed by atoms with van der Waals surface area (Å²) in [6.07, 6.45) is 0. The predicted octanol–water partition coefficient (Wildman–Crippen LogP) is 0.785. The first-order valence-corrected chi connectivity index (χ1v) is 3.17. The highest BCUT2D eigenvalue weighted by Crippen LogP contribution is 1.67. The van der Waals surface area contributed by atoms with Gasteiger partial charge in [-0.25, -0.2) is 0 Å². The molecule has 0 spiro atoms. The van der Waals surface area contributed by atoms with Gasteiger partial charge in [-0.1, -0.05) is 0 Å². The van der Waals surface area contributed by atoms with E-state index in [2.05, 4.69) is 41.0 Å². The average molecular weight is 218 g/mol. The third kappa shape index (κ3) is 4.88. The van der Waals surface area contributed by atoms with Crippen molar-refractivity contribution in [1.29, 1.82) is 0 Å². The Bertz CT molecular complexity index is 21.5. The molecule has 0 aromatic heterocycles. The van der Waals surface area contributed by atoms with Crippen molar-refractivity contribution in [2.24, 2.45) is 0 Å². The third-order valence-electron chi connectivity index (χ3n) is 0.314. The van der Waals surface area contributed by atoms with Crippen molar-refractivity contribution in [2.75, 3.05) is 13.1 Å². The van der Waals surface area contributed by atoms with E-state index in [1.807, 2.05) is 0 Å². The monoisotopic (exact) mass is 216 g/mol. The molecule has 38 valence electrons. The van der Waals surface area contributed by atoms with E-state index < -0.39 is 0 Å². The summed E-state index contributed by atoms with van der Waals surface area (Å²) < 4.78 is 5.58. The summed E-state index contributed by atoms with van der Waals surface area (Å²) >= 11 is 6.08. The zero-order valence-electron chi connectivity index (χ0n) is 3.17. The molecule has 0 amide bonds. The van der Waals surface area contributed by atoms with Gasteiger partial charge >= 0.3 is 0 Å². The number of nitrogens with one attached hydrogen (secondary N) is 2. The number of hydrogen-bond acceptors (Lipinski definition) is 2. The molecule has 2 nitrogen and oxygen atoms in total. The van der Waals surface area contributed by atoms with E-state index in [1.54, 1.807) is 0 Å². The van der Waals surface area contributed by atoms with Gasteiger partial charge in [0.15, 0.2) is 0 Å². The fourth-order valence-electron chi connectivity index (χ4n) is 0.0945. The fourth-order valence-corrected chi connectivity index (χ4v) is 0.491. The van der Waals surface area contributed by atoms with Crippen LogP contribution in [-0.4, -0.2) is 13.1 Å². The summed E-state index contributed by atoms with van der Waals surface area (Å²) in [5.74, 6) is 0. The van der Waals surface area contributed by atoms with E-state index in [0.717, 1.165) is 13.1 Å². The first-order chi connectivity index (χ1) is 2.91. The van der Waals surface area contributed by atoms with Crippen molar-refractivity contribution in [3.05, 3.63) is 0 Å². The van der Waals surface area contributed by atoms with E-state index in [1.165, 1.54) is 0 Å². The Labute approximate surface area is 54.4 Å². The molecule has 0 radical (unpaired) electrons. The average Bonchev–Trinajstić information content (AvgIpc) is 1.61. The highest BCUT2D eigenvalue weighted by molar-refractivity contribution is 9.08. The minimum Gasteiger partial charge on any atom is -0.255 e. The van der Waals surface area contributed by atoms with Crippen molar-refractivity contribution in [1.82, 2.24) is 8.69 Å². The van der Waals surface area contributed by atoms with Crippen molar-refractivity contribution < 1.29 is 0 Å². The molecule has 0 aromatic carbocycles. The van der Waals surface area contributed by atoms with Crippen LogP contribution in [0, 0.1) is 0 Å². The summed E-state index contributed by atoms with van der Waals surface area (Å²) in [7, 11) is 0. The molecule has 0 bridgehead atoms. The van der Waals surface area contributed by atoms with Gasteiger partial charge in [-0.15, -0.1) is 0 Å². The Morgan fingerprint density at radius 2 is 1.33 bits per heavy atom. The molecule has 2 N–H and O–H groups in total. The Hall–Kier alpha value is 0.880. The van der Waals surface area contributed by atoms with E-state index in [-0.39, 0.29) is 0 Å². The standard InChI is InChI=1S/C2H6Br2N2/c3-5-1-2-6-4/h5-6H,1-2H2. The van der Waals surface area contributed by atoms with Crippen LogP contribution in [0.2, 0.25) is 0 Å². The Morgan fingerprint density at radius 1 is 1.00 bits per heavy atom. The van der Waals surface area contributed by atoms with Gasteiger partial charge in [0.25, 0.3) is 0 Å². The van der Waals surface area contributed by atoms with E-state index in [0.29, 0.717) is 0 Å². The van der Waals surface area contributed by atoms with Gasteiger partial charge in [0.05, 0.1) is 0 Å². The molecule has 0 fully saturated rings. The van der Waals surface area contributed by atoms with E-state index in [4.69, 9.17) is 0 Å². The minimum absolute atomic E-state index is 0.922. The molecular weight excluding hydrogens is 212 g/mol. The quantitative estimate of drug-likeness (QED) is 0.540. The predicted molar refractivity (Wildman–Crippen MR) is 33.9 cm³/mol.